The zero-order chi connectivity index (χ0) is 21.3. The maximum atomic E-state index is 13.6. The molecular weight excluding hydrogens is 408 g/mol. The number of nitrogens with one attached hydrogen (secondary N) is 2. The Morgan fingerprint density at radius 3 is 2.83 bits per heavy atom. The fourth-order valence-corrected chi connectivity index (χ4v) is 3.31. The summed E-state index contributed by atoms with van der Waals surface area (Å²) in [6.07, 6.45) is -3.90. The van der Waals surface area contributed by atoms with E-state index in [1.807, 2.05) is 0 Å². The Labute approximate surface area is 168 Å². The third-order valence-electron chi connectivity index (χ3n) is 4.73. The molecule has 30 heavy (non-hydrogen) atoms. The summed E-state index contributed by atoms with van der Waals surface area (Å²) < 4.78 is 69.4. The summed E-state index contributed by atoms with van der Waals surface area (Å²) in [4.78, 5) is 10.2. The van der Waals surface area contributed by atoms with Crippen LogP contribution in [0, 0.1) is 5.82 Å². The van der Waals surface area contributed by atoms with Crippen molar-refractivity contribution in [3.8, 4) is 5.75 Å². The summed E-state index contributed by atoms with van der Waals surface area (Å²) in [5, 5.41) is 3.31. The molecule has 0 saturated carbocycles. The highest BCUT2D eigenvalue weighted by atomic mass is 19.4. The molecule has 4 rings (SSSR count). The summed E-state index contributed by atoms with van der Waals surface area (Å²) in [5.41, 5.74) is -0.283. The molecule has 0 spiro atoms. The van der Waals surface area contributed by atoms with Crippen LogP contribution in [-0.4, -0.2) is 48.0 Å². The van der Waals surface area contributed by atoms with Crippen molar-refractivity contribution in [2.45, 2.75) is 18.3 Å². The van der Waals surface area contributed by atoms with Gasteiger partial charge in [0, 0.05) is 18.7 Å². The Balaban J connectivity index is 1.70. The van der Waals surface area contributed by atoms with Crippen molar-refractivity contribution < 1.29 is 31.8 Å². The smallest absolute Gasteiger partial charge is 0.431 e. The van der Waals surface area contributed by atoms with Gasteiger partial charge in [-0.05, 0) is 12.1 Å². The average Bonchev–Trinajstić information content (AvgIpc) is 3.15. The molecule has 160 valence electrons. The van der Waals surface area contributed by atoms with Gasteiger partial charge in [0.2, 0.25) is 0 Å². The Morgan fingerprint density at radius 2 is 2.07 bits per heavy atom. The highest BCUT2D eigenvalue weighted by Crippen LogP contribution is 2.38. The molecule has 2 N–H and O–H groups in total. The first-order chi connectivity index (χ1) is 14.4. The first kappa shape index (κ1) is 20.4. The van der Waals surface area contributed by atoms with Crippen LogP contribution in [0.1, 0.15) is 17.3 Å². The molecule has 0 amide bonds. The van der Waals surface area contributed by atoms with E-state index in [-0.39, 0.29) is 30.1 Å². The Hall–Kier alpha value is -2.92. The SMILES string of the molecule is COCCO[C@H]1COc2cc(F)ccc2[C@@H]1Nc1ncnc2[nH]c(C(F)(F)F)cc12. The summed E-state index contributed by atoms with van der Waals surface area (Å²) in [7, 11) is 1.54. The van der Waals surface area contributed by atoms with Crippen LogP contribution in [0.2, 0.25) is 0 Å². The Kier molecular flexibility index (Phi) is 5.48. The lowest BCUT2D eigenvalue weighted by Gasteiger charge is -2.34. The van der Waals surface area contributed by atoms with Crippen LogP contribution in [0.4, 0.5) is 23.4 Å². The monoisotopic (exact) mass is 426 g/mol. The van der Waals surface area contributed by atoms with E-state index in [2.05, 4.69) is 20.3 Å². The standard InChI is InChI=1S/C19H18F4N4O3/c1-28-4-5-29-14-8-30-13-6-10(20)2-3-11(13)16(14)27-18-12-7-15(19(21,22)23)26-17(12)24-9-25-18/h2-3,6-7,9,14,16H,4-5,8H2,1H3,(H2,24,25,26,27)/t14-,16-/m0/s1. The van der Waals surface area contributed by atoms with Gasteiger partial charge in [-0.1, -0.05) is 6.07 Å². The molecule has 2 atom stereocenters. The number of ether oxygens (including phenoxy) is 3. The van der Waals surface area contributed by atoms with Gasteiger partial charge in [0.25, 0.3) is 0 Å². The number of rotatable bonds is 6. The second-order valence-corrected chi connectivity index (χ2v) is 6.68. The van der Waals surface area contributed by atoms with Crippen LogP contribution in [0.3, 0.4) is 0 Å². The number of alkyl halides is 3. The van der Waals surface area contributed by atoms with Gasteiger partial charge in [0.15, 0.2) is 0 Å². The summed E-state index contributed by atoms with van der Waals surface area (Å²) in [6.45, 7) is 0.748. The van der Waals surface area contributed by atoms with E-state index in [1.165, 1.54) is 19.2 Å². The van der Waals surface area contributed by atoms with Crippen molar-refractivity contribution >= 4 is 16.9 Å². The molecular formula is C19H18F4N4O3. The molecule has 0 aliphatic carbocycles. The van der Waals surface area contributed by atoms with E-state index in [9.17, 15) is 17.6 Å². The molecule has 1 aliphatic rings. The van der Waals surface area contributed by atoms with Gasteiger partial charge in [0.05, 0.1) is 24.6 Å². The molecule has 0 radical (unpaired) electrons. The van der Waals surface area contributed by atoms with E-state index in [4.69, 9.17) is 14.2 Å². The number of hydrogen-bond donors (Lipinski definition) is 2. The average molecular weight is 426 g/mol. The molecule has 3 heterocycles. The van der Waals surface area contributed by atoms with Crippen molar-refractivity contribution in [1.82, 2.24) is 15.0 Å². The molecule has 1 aliphatic heterocycles. The zero-order valence-electron chi connectivity index (χ0n) is 15.8. The second-order valence-electron chi connectivity index (χ2n) is 6.68. The minimum Gasteiger partial charge on any atom is -0.490 e. The number of halogens is 4. The first-order valence-electron chi connectivity index (χ1n) is 9.07. The highest BCUT2D eigenvalue weighted by Gasteiger charge is 2.35. The number of H-pyrrole nitrogens is 1. The van der Waals surface area contributed by atoms with Crippen molar-refractivity contribution in [3.63, 3.8) is 0 Å². The number of anilines is 1. The largest absolute Gasteiger partial charge is 0.490 e. The molecule has 11 heteroatoms. The maximum Gasteiger partial charge on any atom is 0.431 e. The van der Waals surface area contributed by atoms with Crippen LogP contribution in [0.5, 0.6) is 5.75 Å². The van der Waals surface area contributed by atoms with Gasteiger partial charge < -0.3 is 24.5 Å². The molecule has 2 aromatic heterocycles. The minimum atomic E-state index is -4.55. The van der Waals surface area contributed by atoms with Gasteiger partial charge in [-0.25, -0.2) is 14.4 Å². The number of hydrogen-bond acceptors (Lipinski definition) is 6. The van der Waals surface area contributed by atoms with Crippen LogP contribution in [0.15, 0.2) is 30.6 Å². The van der Waals surface area contributed by atoms with Gasteiger partial charge in [-0.3, -0.25) is 0 Å². The van der Waals surface area contributed by atoms with Crippen LogP contribution < -0.4 is 10.1 Å². The highest BCUT2D eigenvalue weighted by molar-refractivity contribution is 5.88. The van der Waals surface area contributed by atoms with Crippen molar-refractivity contribution in [2.24, 2.45) is 0 Å². The van der Waals surface area contributed by atoms with Gasteiger partial charge in [0.1, 0.15) is 47.8 Å². The third kappa shape index (κ3) is 4.03. The third-order valence-corrected chi connectivity index (χ3v) is 4.73. The maximum absolute atomic E-state index is 13.6. The minimum absolute atomic E-state index is 0.0445. The molecule has 0 unspecified atom stereocenters. The summed E-state index contributed by atoms with van der Waals surface area (Å²) in [5.74, 6) is 0.0554. The van der Waals surface area contributed by atoms with Crippen molar-refractivity contribution in [2.75, 3.05) is 32.2 Å². The van der Waals surface area contributed by atoms with Crippen LogP contribution >= 0.6 is 0 Å². The molecule has 3 aromatic rings. The molecule has 0 fully saturated rings. The summed E-state index contributed by atoms with van der Waals surface area (Å²) >= 11 is 0. The van der Waals surface area contributed by atoms with Crippen molar-refractivity contribution in [3.05, 3.63) is 47.7 Å². The lowest BCUT2D eigenvalue weighted by molar-refractivity contribution is -0.140. The fraction of sp³-hybridized carbons (Fsp3) is 0.368. The Bertz CT molecular complexity index is 1040. The predicted molar refractivity (Wildman–Crippen MR) is 98.8 cm³/mol. The van der Waals surface area contributed by atoms with Gasteiger partial charge in [-0.15, -0.1) is 0 Å². The van der Waals surface area contributed by atoms with Gasteiger partial charge in [-0.2, -0.15) is 13.2 Å². The van der Waals surface area contributed by atoms with E-state index in [1.54, 1.807) is 6.07 Å². The number of fused-ring (bicyclic) bond motifs is 2. The van der Waals surface area contributed by atoms with Crippen molar-refractivity contribution in [1.29, 1.82) is 0 Å². The van der Waals surface area contributed by atoms with E-state index in [0.29, 0.717) is 17.9 Å². The first-order valence-corrected chi connectivity index (χ1v) is 9.07. The van der Waals surface area contributed by atoms with E-state index >= 15 is 0 Å². The lowest BCUT2D eigenvalue weighted by Crippen LogP contribution is -2.38. The number of benzene rings is 1. The number of methoxy groups -OCH3 is 1. The zero-order valence-corrected chi connectivity index (χ0v) is 15.8. The quantitative estimate of drug-likeness (QED) is 0.462. The number of aromatic amines is 1. The van der Waals surface area contributed by atoms with E-state index < -0.39 is 29.8 Å². The molecule has 1 aromatic carbocycles. The number of nitrogens with zero attached hydrogens (tertiary/aromatic N) is 2. The topological polar surface area (TPSA) is 81.3 Å². The summed E-state index contributed by atoms with van der Waals surface area (Å²) in [6, 6.07) is 4.48. The normalized spacial score (nSPS) is 18.8. The molecule has 7 nitrogen and oxygen atoms in total. The predicted octanol–water partition coefficient (Wildman–Crippen LogP) is 3.69. The lowest BCUT2D eigenvalue weighted by atomic mass is 9.97. The number of aromatic nitrogens is 3. The van der Waals surface area contributed by atoms with Crippen LogP contribution in [0.25, 0.3) is 11.0 Å². The fourth-order valence-electron chi connectivity index (χ4n) is 3.31. The van der Waals surface area contributed by atoms with Crippen LogP contribution in [-0.2, 0) is 15.7 Å². The Morgan fingerprint density at radius 1 is 1.23 bits per heavy atom. The molecule has 0 bridgehead atoms. The second kappa shape index (κ2) is 8.07. The molecule has 0 saturated heterocycles. The van der Waals surface area contributed by atoms with Gasteiger partial charge >= 0.3 is 6.18 Å². The van der Waals surface area contributed by atoms with E-state index in [0.717, 1.165) is 12.4 Å².